The number of hydrogen-bond donors (Lipinski definition) is 1. The first-order chi connectivity index (χ1) is 10.2. The fourth-order valence-corrected chi connectivity index (χ4v) is 3.08. The summed E-state index contributed by atoms with van der Waals surface area (Å²) in [6.07, 6.45) is 0.878. The largest absolute Gasteiger partial charge is 0.492 e. The summed E-state index contributed by atoms with van der Waals surface area (Å²) >= 11 is 5.48. The average Bonchev–Trinajstić information content (AvgIpc) is 3.07. The van der Waals surface area contributed by atoms with Gasteiger partial charge in [0.05, 0.1) is 25.3 Å². The first kappa shape index (κ1) is 14.6. The fourth-order valence-electron chi connectivity index (χ4n) is 2.81. The Balaban J connectivity index is 2.04. The van der Waals surface area contributed by atoms with Crippen molar-refractivity contribution in [2.45, 2.75) is 25.5 Å². The summed E-state index contributed by atoms with van der Waals surface area (Å²) in [7, 11) is 1.73. The Morgan fingerprint density at radius 2 is 2.33 bits per heavy atom. The summed E-state index contributed by atoms with van der Waals surface area (Å²) < 4.78 is 19.6. The lowest BCUT2D eigenvalue weighted by atomic mass is 10.0. The maximum absolute atomic E-state index is 5.72. The maximum atomic E-state index is 5.72. The van der Waals surface area contributed by atoms with Gasteiger partial charge in [-0.05, 0) is 31.3 Å². The van der Waals surface area contributed by atoms with Crippen molar-refractivity contribution in [1.29, 1.82) is 0 Å². The lowest BCUT2D eigenvalue weighted by Crippen LogP contribution is -2.37. The molecule has 1 aromatic heterocycles. The number of imidazole rings is 1. The molecular weight excluding hydrogens is 288 g/mol. The molecule has 2 aromatic rings. The van der Waals surface area contributed by atoms with Crippen LogP contribution in [0.3, 0.4) is 0 Å². The number of aromatic nitrogens is 2. The summed E-state index contributed by atoms with van der Waals surface area (Å²) in [5.74, 6) is 0.828. The molecule has 1 aliphatic heterocycles. The van der Waals surface area contributed by atoms with Crippen molar-refractivity contribution in [3.05, 3.63) is 23.0 Å². The summed E-state index contributed by atoms with van der Waals surface area (Å²) in [6.45, 7) is 4.61. The van der Waals surface area contributed by atoms with Crippen molar-refractivity contribution in [1.82, 2.24) is 9.55 Å². The molecule has 1 unspecified atom stereocenters. The highest BCUT2D eigenvalue weighted by Gasteiger charge is 2.36. The van der Waals surface area contributed by atoms with E-state index in [-0.39, 0.29) is 5.60 Å². The van der Waals surface area contributed by atoms with Gasteiger partial charge in [-0.2, -0.15) is 0 Å². The first-order valence-electron chi connectivity index (χ1n) is 7.16. The Hall–Kier alpha value is -1.37. The average molecular weight is 308 g/mol. The molecule has 5 nitrogen and oxygen atoms in total. The SMILES string of the molecule is CCOc1cccc2c1[nH]c(=S)n2CC1(OC)CCOC1. The van der Waals surface area contributed by atoms with Crippen LogP contribution >= 0.6 is 12.2 Å². The van der Waals surface area contributed by atoms with Crippen molar-refractivity contribution in [2.24, 2.45) is 0 Å². The molecule has 114 valence electrons. The number of benzene rings is 1. The highest BCUT2D eigenvalue weighted by molar-refractivity contribution is 7.71. The molecule has 1 saturated heterocycles. The van der Waals surface area contributed by atoms with E-state index in [1.807, 2.05) is 25.1 Å². The standard InChI is InChI=1S/C15H20N2O3S/c1-3-20-12-6-4-5-11-13(12)16-14(21)17(11)9-15(18-2)7-8-19-10-15/h4-6H,3,7-10H2,1-2H3,(H,16,21). The molecule has 6 heteroatoms. The Morgan fingerprint density at radius 3 is 3.00 bits per heavy atom. The molecular formula is C15H20N2O3S. The molecule has 0 amide bonds. The van der Waals surface area contributed by atoms with Crippen molar-refractivity contribution >= 4 is 23.3 Å². The molecule has 0 bridgehead atoms. The maximum Gasteiger partial charge on any atom is 0.178 e. The van der Waals surface area contributed by atoms with E-state index >= 15 is 0 Å². The number of H-pyrrole nitrogens is 1. The second-order valence-electron chi connectivity index (χ2n) is 5.29. The van der Waals surface area contributed by atoms with Crippen molar-refractivity contribution < 1.29 is 14.2 Å². The minimum absolute atomic E-state index is 0.297. The topological polar surface area (TPSA) is 48.4 Å². The third kappa shape index (κ3) is 2.59. The van der Waals surface area contributed by atoms with Crippen LogP contribution < -0.4 is 4.74 Å². The number of para-hydroxylation sites is 1. The summed E-state index contributed by atoms with van der Waals surface area (Å²) in [5, 5.41) is 0. The number of hydrogen-bond acceptors (Lipinski definition) is 4. The number of fused-ring (bicyclic) bond motifs is 1. The second-order valence-corrected chi connectivity index (χ2v) is 5.68. The predicted molar refractivity (Wildman–Crippen MR) is 83.5 cm³/mol. The van der Waals surface area contributed by atoms with Gasteiger partial charge in [-0.25, -0.2) is 0 Å². The highest BCUT2D eigenvalue weighted by atomic mass is 32.1. The van der Waals surface area contributed by atoms with Crippen LogP contribution in [0.1, 0.15) is 13.3 Å². The van der Waals surface area contributed by atoms with Gasteiger partial charge in [-0.15, -0.1) is 0 Å². The van der Waals surface area contributed by atoms with Crippen molar-refractivity contribution in [3.63, 3.8) is 0 Å². The van der Waals surface area contributed by atoms with Gasteiger partial charge < -0.3 is 23.8 Å². The number of nitrogens with one attached hydrogen (secondary N) is 1. The molecule has 1 aromatic carbocycles. The first-order valence-corrected chi connectivity index (χ1v) is 7.57. The van der Waals surface area contributed by atoms with E-state index in [4.69, 9.17) is 26.4 Å². The van der Waals surface area contributed by atoms with Gasteiger partial charge in [0.25, 0.3) is 0 Å². The van der Waals surface area contributed by atoms with Crippen molar-refractivity contribution in [2.75, 3.05) is 26.9 Å². The van der Waals surface area contributed by atoms with Gasteiger partial charge in [-0.1, -0.05) is 6.07 Å². The van der Waals surface area contributed by atoms with Crippen LogP contribution in [0.2, 0.25) is 0 Å². The number of rotatable bonds is 5. The molecule has 1 aliphatic rings. The van der Waals surface area contributed by atoms with E-state index in [0.717, 1.165) is 29.8 Å². The van der Waals surface area contributed by atoms with Gasteiger partial charge in [0, 0.05) is 20.1 Å². The Labute approximate surface area is 128 Å². The van der Waals surface area contributed by atoms with Gasteiger partial charge in [0.1, 0.15) is 16.9 Å². The van der Waals surface area contributed by atoms with Gasteiger partial charge in [0.2, 0.25) is 0 Å². The molecule has 0 saturated carbocycles. The van der Waals surface area contributed by atoms with E-state index in [1.54, 1.807) is 7.11 Å². The third-order valence-corrected chi connectivity index (χ3v) is 4.34. The molecule has 1 N–H and O–H groups in total. The van der Waals surface area contributed by atoms with Crippen LogP contribution in [0.25, 0.3) is 11.0 Å². The van der Waals surface area contributed by atoms with Crippen LogP contribution in [0, 0.1) is 4.77 Å². The number of aromatic amines is 1. The van der Waals surface area contributed by atoms with Crippen LogP contribution in [-0.4, -0.2) is 42.1 Å². The van der Waals surface area contributed by atoms with E-state index in [1.165, 1.54) is 0 Å². The zero-order valence-electron chi connectivity index (χ0n) is 12.3. The molecule has 0 radical (unpaired) electrons. The van der Waals surface area contributed by atoms with E-state index < -0.39 is 0 Å². The van der Waals surface area contributed by atoms with Crippen LogP contribution in [0.5, 0.6) is 5.75 Å². The molecule has 0 spiro atoms. The zero-order valence-corrected chi connectivity index (χ0v) is 13.2. The van der Waals surface area contributed by atoms with Gasteiger partial charge >= 0.3 is 0 Å². The molecule has 1 fully saturated rings. The molecule has 2 heterocycles. The minimum atomic E-state index is -0.297. The third-order valence-electron chi connectivity index (χ3n) is 4.02. The predicted octanol–water partition coefficient (Wildman–Crippen LogP) is 2.90. The summed E-state index contributed by atoms with van der Waals surface area (Å²) in [4.78, 5) is 3.25. The zero-order chi connectivity index (χ0) is 14.9. The van der Waals surface area contributed by atoms with Gasteiger partial charge in [-0.3, -0.25) is 0 Å². The quantitative estimate of drug-likeness (QED) is 0.863. The fraction of sp³-hybridized carbons (Fsp3) is 0.533. The lowest BCUT2D eigenvalue weighted by molar-refractivity contribution is -0.0290. The Morgan fingerprint density at radius 1 is 1.48 bits per heavy atom. The number of nitrogens with zero attached hydrogens (tertiary/aromatic N) is 1. The van der Waals surface area contributed by atoms with Crippen molar-refractivity contribution in [3.8, 4) is 5.75 Å². The molecule has 1 atom stereocenters. The normalized spacial score (nSPS) is 22.0. The lowest BCUT2D eigenvalue weighted by Gasteiger charge is -2.26. The van der Waals surface area contributed by atoms with E-state index in [0.29, 0.717) is 24.5 Å². The summed E-state index contributed by atoms with van der Waals surface area (Å²) in [6, 6.07) is 5.98. The smallest absolute Gasteiger partial charge is 0.178 e. The Bertz CT molecular complexity index is 686. The molecule has 0 aliphatic carbocycles. The highest BCUT2D eigenvalue weighted by Crippen LogP contribution is 2.29. The second kappa shape index (κ2) is 5.79. The minimum Gasteiger partial charge on any atom is -0.492 e. The van der Waals surface area contributed by atoms with Crippen LogP contribution in [0.15, 0.2) is 18.2 Å². The van der Waals surface area contributed by atoms with Crippen LogP contribution in [-0.2, 0) is 16.0 Å². The molecule has 3 rings (SSSR count). The van der Waals surface area contributed by atoms with E-state index in [9.17, 15) is 0 Å². The summed E-state index contributed by atoms with van der Waals surface area (Å²) in [5.41, 5.74) is 1.68. The van der Waals surface area contributed by atoms with E-state index in [2.05, 4.69) is 9.55 Å². The van der Waals surface area contributed by atoms with Gasteiger partial charge in [0.15, 0.2) is 4.77 Å². The monoisotopic (exact) mass is 308 g/mol. The number of methoxy groups -OCH3 is 1. The number of ether oxygens (including phenoxy) is 3. The molecule has 21 heavy (non-hydrogen) atoms. The van der Waals surface area contributed by atoms with Crippen LogP contribution in [0.4, 0.5) is 0 Å². The Kier molecular flexibility index (Phi) is 4.01.